The summed E-state index contributed by atoms with van der Waals surface area (Å²) < 4.78 is 3.60. The SMILES string of the molecule is C=C/C=c1\c(=C)c2cccc3c4cc(C5C=CC(N(c6cccc7ccccc7scc6)c6ccc([Si](c7ccccc7)(c7ccccc7)c7ccccc7)cc6)=CC5)ccc4n1c23. The predicted octanol–water partition coefficient (Wildman–Crippen LogP) is 11.5. The lowest BCUT2D eigenvalue weighted by Crippen LogP contribution is -2.74. The summed E-state index contributed by atoms with van der Waals surface area (Å²) in [5, 5.41) is 14.8. The number of rotatable bonds is 9. The highest BCUT2D eigenvalue weighted by Crippen LogP contribution is 2.38. The Morgan fingerprint density at radius 1 is 0.594 bits per heavy atom. The molecular weight excluding hydrogens is 809 g/mol. The molecule has 7 aromatic carbocycles. The van der Waals surface area contributed by atoms with E-state index in [0.29, 0.717) is 0 Å². The van der Waals surface area contributed by atoms with Crippen molar-refractivity contribution in [2.24, 2.45) is 0 Å². The third-order valence-corrected chi connectivity index (χ3v) is 18.8. The number of aromatic nitrogens is 1. The quantitative estimate of drug-likeness (QED) is 0.104. The maximum atomic E-state index is 4.45. The van der Waals surface area contributed by atoms with Crippen molar-refractivity contribution < 1.29 is 0 Å². The van der Waals surface area contributed by atoms with Gasteiger partial charge in [0.25, 0.3) is 0 Å². The number of hydrogen-bond donors (Lipinski definition) is 0. The van der Waals surface area contributed by atoms with E-state index in [4.69, 9.17) is 0 Å². The Morgan fingerprint density at radius 2 is 1.20 bits per heavy atom. The van der Waals surface area contributed by atoms with Crippen LogP contribution in [-0.4, -0.2) is 12.5 Å². The first-order valence-electron chi connectivity index (χ1n) is 22.0. The van der Waals surface area contributed by atoms with Crippen molar-refractivity contribution in [2.75, 3.05) is 4.90 Å². The van der Waals surface area contributed by atoms with E-state index in [0.717, 1.165) is 34.1 Å². The molecule has 0 radical (unpaired) electrons. The van der Waals surface area contributed by atoms with Gasteiger partial charge >= 0.3 is 0 Å². The molecule has 0 saturated heterocycles. The van der Waals surface area contributed by atoms with Gasteiger partial charge in [0.05, 0.1) is 16.4 Å². The van der Waals surface area contributed by atoms with Crippen molar-refractivity contribution in [1.29, 1.82) is 0 Å². The second kappa shape index (κ2) is 16.6. The maximum absolute atomic E-state index is 4.45. The number of allylic oxidation sites excluding steroid dienone is 4. The smallest absolute Gasteiger partial charge is 0.179 e. The van der Waals surface area contributed by atoms with E-state index < -0.39 is 8.07 Å². The number of para-hydroxylation sites is 1. The molecule has 0 amide bonds. The van der Waals surface area contributed by atoms with Crippen LogP contribution in [0.5, 0.6) is 0 Å². The Balaban J connectivity index is 1.02. The molecule has 1 atom stereocenters. The zero-order valence-electron chi connectivity index (χ0n) is 35.5. The Morgan fingerprint density at radius 3 is 1.88 bits per heavy atom. The van der Waals surface area contributed by atoms with Crippen LogP contribution in [0.25, 0.3) is 49.9 Å². The summed E-state index contributed by atoms with van der Waals surface area (Å²) >= 11 is 1.76. The predicted molar refractivity (Wildman–Crippen MR) is 279 cm³/mol. The molecule has 0 saturated carbocycles. The molecule has 0 aliphatic heterocycles. The first kappa shape index (κ1) is 39.4. The van der Waals surface area contributed by atoms with Crippen LogP contribution in [0.1, 0.15) is 17.9 Å². The fraction of sp³-hybridized carbons (Fsp3) is 0.0333. The second-order valence-electron chi connectivity index (χ2n) is 16.5. The van der Waals surface area contributed by atoms with Crippen LogP contribution in [0.4, 0.5) is 11.4 Å². The molecule has 1 aliphatic rings. The maximum Gasteiger partial charge on any atom is 0.179 e. The highest BCUT2D eigenvalue weighted by molar-refractivity contribution is 7.20. The lowest BCUT2D eigenvalue weighted by Gasteiger charge is -2.35. The first-order chi connectivity index (χ1) is 31.6. The van der Waals surface area contributed by atoms with E-state index in [2.05, 4.69) is 252 Å². The molecule has 1 aliphatic carbocycles. The summed E-state index contributed by atoms with van der Waals surface area (Å²) in [5.41, 5.74) is 7.12. The van der Waals surface area contributed by atoms with E-state index in [-0.39, 0.29) is 5.92 Å². The zero-order valence-corrected chi connectivity index (χ0v) is 37.3. The van der Waals surface area contributed by atoms with E-state index in [9.17, 15) is 0 Å². The molecule has 4 heteroatoms. The molecule has 64 heavy (non-hydrogen) atoms. The summed E-state index contributed by atoms with van der Waals surface area (Å²) in [7, 11) is -2.69. The number of anilines is 2. The van der Waals surface area contributed by atoms with Crippen LogP contribution in [0, 0.1) is 0 Å². The van der Waals surface area contributed by atoms with Crippen LogP contribution in [0.15, 0.2) is 242 Å². The minimum Gasteiger partial charge on any atom is -0.311 e. The Kier molecular flexibility index (Phi) is 10.2. The fourth-order valence-electron chi connectivity index (χ4n) is 10.1. The zero-order chi connectivity index (χ0) is 43.0. The van der Waals surface area contributed by atoms with E-state index >= 15 is 0 Å². The molecule has 0 bridgehead atoms. The molecule has 306 valence electrons. The van der Waals surface area contributed by atoms with Crippen molar-refractivity contribution in [1.82, 2.24) is 4.40 Å². The summed E-state index contributed by atoms with van der Waals surface area (Å²) in [5.74, 6) is 0.240. The lowest BCUT2D eigenvalue weighted by molar-refractivity contribution is 0.841. The van der Waals surface area contributed by atoms with Crippen molar-refractivity contribution in [3.05, 3.63) is 258 Å². The Labute approximate surface area is 379 Å². The van der Waals surface area contributed by atoms with E-state index in [1.54, 1.807) is 11.3 Å². The third kappa shape index (κ3) is 6.62. The molecule has 0 spiro atoms. The van der Waals surface area contributed by atoms with Crippen molar-refractivity contribution in [2.45, 2.75) is 12.3 Å². The normalized spacial score (nSPS) is 14.3. The highest BCUT2D eigenvalue weighted by Gasteiger charge is 2.41. The average molecular weight is 855 g/mol. The molecule has 3 heterocycles. The van der Waals surface area contributed by atoms with E-state index in [1.807, 2.05) is 6.08 Å². The van der Waals surface area contributed by atoms with Crippen molar-refractivity contribution in [3.63, 3.8) is 0 Å². The topological polar surface area (TPSA) is 7.65 Å². The summed E-state index contributed by atoms with van der Waals surface area (Å²) in [6, 6.07) is 74.0. The molecule has 10 aromatic rings. The standard InChI is InChI=1S/C60H46N2SSi/c1-3-17-57-43(2)54-27-16-28-55-56-42-46(32-39-58(56)62(57)60(54)55)44-30-33-48(34-31-44)61(47-20-15-19-45-18-13-14-29-59(45)63-41-40-47)49-35-37-53(38-36-49)64(50-21-7-4-8-22-50,51-23-9-5-10-24-51)52-25-11-6-12-26-52/h3-30,32-42,44H,1-2,31H2/b19-15?,41-40?,47-20?,57-17+. The van der Waals surface area contributed by atoms with Crippen LogP contribution < -0.4 is 36.2 Å². The molecule has 11 rings (SSSR count). The van der Waals surface area contributed by atoms with Crippen molar-refractivity contribution >= 4 is 101 Å². The van der Waals surface area contributed by atoms with Crippen LogP contribution >= 0.6 is 11.3 Å². The summed E-state index contributed by atoms with van der Waals surface area (Å²) in [4.78, 5) is 2.43. The number of nitrogens with zero attached hydrogens (tertiary/aromatic N) is 2. The van der Waals surface area contributed by atoms with Gasteiger partial charge in [-0.05, 0) is 98.1 Å². The monoisotopic (exact) mass is 854 g/mol. The van der Waals surface area contributed by atoms with Gasteiger partial charge in [0.1, 0.15) is 0 Å². The van der Waals surface area contributed by atoms with Gasteiger partial charge < -0.3 is 9.30 Å². The minimum absolute atomic E-state index is 0.240. The number of fused-ring (bicyclic) bond motifs is 4. The molecule has 1 unspecified atom stereocenters. The van der Waals surface area contributed by atoms with Gasteiger partial charge in [-0.25, -0.2) is 0 Å². The fourth-order valence-corrected chi connectivity index (χ4v) is 15.6. The minimum atomic E-state index is -2.69. The van der Waals surface area contributed by atoms with Gasteiger partial charge in [-0.1, -0.05) is 189 Å². The van der Waals surface area contributed by atoms with Gasteiger partial charge in [0.2, 0.25) is 0 Å². The molecule has 3 aromatic heterocycles. The Bertz CT molecular complexity index is 3430. The summed E-state index contributed by atoms with van der Waals surface area (Å²) in [6.45, 7) is 8.45. The number of benzene rings is 7. The van der Waals surface area contributed by atoms with Crippen LogP contribution in [0.2, 0.25) is 0 Å². The Hall–Kier alpha value is -7.50. The highest BCUT2D eigenvalue weighted by atomic mass is 32.1. The number of hydrogen-bond acceptors (Lipinski definition) is 2. The van der Waals surface area contributed by atoms with Gasteiger partial charge in [-0.2, -0.15) is 0 Å². The molecule has 2 nitrogen and oxygen atoms in total. The van der Waals surface area contributed by atoms with E-state index in [1.165, 1.54) is 63.6 Å². The summed E-state index contributed by atoms with van der Waals surface area (Å²) in [6.07, 6.45) is 12.0. The van der Waals surface area contributed by atoms with Crippen molar-refractivity contribution in [3.8, 4) is 0 Å². The molecule has 0 fully saturated rings. The molecular formula is C60H46N2SSi. The van der Waals surface area contributed by atoms with Crippen LogP contribution in [0.3, 0.4) is 0 Å². The second-order valence-corrected chi connectivity index (χ2v) is 21.3. The van der Waals surface area contributed by atoms with Gasteiger partial charge in [0.15, 0.2) is 8.07 Å². The van der Waals surface area contributed by atoms with Gasteiger partial charge in [-0.15, -0.1) is 11.3 Å². The molecule has 0 N–H and O–H groups in total. The average Bonchev–Trinajstić information content (AvgIpc) is 3.87. The first-order valence-corrected chi connectivity index (χ1v) is 24.9. The third-order valence-electron chi connectivity index (χ3n) is 13.1. The lowest BCUT2D eigenvalue weighted by atomic mass is 9.90. The van der Waals surface area contributed by atoms with Crippen LogP contribution in [-0.2, 0) is 0 Å². The van der Waals surface area contributed by atoms with Gasteiger partial charge in [-0.3, -0.25) is 0 Å². The van der Waals surface area contributed by atoms with Gasteiger partial charge in [0, 0.05) is 49.1 Å². The largest absolute Gasteiger partial charge is 0.311 e.